The van der Waals surface area contributed by atoms with E-state index in [1.54, 1.807) is 18.2 Å². The molecule has 6 heteroatoms. The molecular formula is C30H34N2O4. The van der Waals surface area contributed by atoms with Crippen LogP contribution in [0.2, 0.25) is 0 Å². The van der Waals surface area contributed by atoms with Crippen LogP contribution in [0.5, 0.6) is 5.75 Å². The average molecular weight is 487 g/mol. The highest BCUT2D eigenvalue weighted by Crippen LogP contribution is 2.41. The molecule has 0 N–H and O–H groups in total. The molecule has 188 valence electrons. The van der Waals surface area contributed by atoms with Crippen LogP contribution in [-0.4, -0.2) is 41.3 Å². The lowest BCUT2D eigenvalue weighted by Crippen LogP contribution is -2.41. The lowest BCUT2D eigenvalue weighted by Gasteiger charge is -2.38. The van der Waals surface area contributed by atoms with E-state index in [0.29, 0.717) is 25.3 Å². The van der Waals surface area contributed by atoms with E-state index in [1.165, 1.54) is 11.1 Å². The molecule has 36 heavy (non-hydrogen) atoms. The number of rotatable bonds is 8. The number of nitrogens with zero attached hydrogens (tertiary/aromatic N) is 2. The molecule has 2 aliphatic rings. The van der Waals surface area contributed by atoms with Crippen molar-refractivity contribution in [3.8, 4) is 5.75 Å². The molecule has 2 heterocycles. The number of aryl methyl sites for hydroxylation is 1. The first-order chi connectivity index (χ1) is 17.4. The van der Waals surface area contributed by atoms with Gasteiger partial charge in [-0.3, -0.25) is 9.59 Å². The number of carbonyl (C=O) groups excluding carboxylic acids is 2. The van der Waals surface area contributed by atoms with Crippen LogP contribution in [-0.2, 0) is 22.6 Å². The first-order valence-electron chi connectivity index (χ1n) is 12.9. The quantitative estimate of drug-likeness (QED) is 0.434. The summed E-state index contributed by atoms with van der Waals surface area (Å²) in [5.41, 5.74) is 4.61. The fourth-order valence-electron chi connectivity index (χ4n) is 5.01. The molecular weight excluding hydrogens is 452 g/mol. The molecule has 3 aromatic rings. The van der Waals surface area contributed by atoms with Gasteiger partial charge in [0.2, 0.25) is 5.91 Å². The summed E-state index contributed by atoms with van der Waals surface area (Å²) in [6.45, 7) is 5.13. The topological polar surface area (TPSA) is 63.0 Å². The van der Waals surface area contributed by atoms with E-state index in [2.05, 4.69) is 37.3 Å². The number of likely N-dealkylation sites (N-methyl/N-ethyl adjacent to an activating group) is 1. The molecule has 1 fully saturated rings. The number of hydrogen-bond acceptors (Lipinski definition) is 4. The van der Waals surface area contributed by atoms with Gasteiger partial charge in [-0.25, -0.2) is 0 Å². The van der Waals surface area contributed by atoms with Gasteiger partial charge >= 0.3 is 0 Å². The zero-order chi connectivity index (χ0) is 25.2. The normalized spacial score (nSPS) is 17.9. The Morgan fingerprint density at radius 3 is 2.58 bits per heavy atom. The highest BCUT2D eigenvalue weighted by atomic mass is 16.5. The Morgan fingerprint density at radius 1 is 1.14 bits per heavy atom. The molecule has 2 amide bonds. The van der Waals surface area contributed by atoms with E-state index in [1.807, 2.05) is 36.1 Å². The molecule has 0 bridgehead atoms. The van der Waals surface area contributed by atoms with E-state index in [-0.39, 0.29) is 23.8 Å². The van der Waals surface area contributed by atoms with Gasteiger partial charge in [0.25, 0.3) is 5.91 Å². The van der Waals surface area contributed by atoms with Crippen molar-refractivity contribution in [2.75, 3.05) is 13.6 Å². The third-order valence-electron chi connectivity index (χ3n) is 7.22. The molecule has 1 aliphatic heterocycles. The smallest absolute Gasteiger partial charge is 0.263 e. The van der Waals surface area contributed by atoms with Gasteiger partial charge in [0.05, 0.1) is 18.8 Å². The van der Waals surface area contributed by atoms with Crippen LogP contribution in [0.15, 0.2) is 65.3 Å². The van der Waals surface area contributed by atoms with Crippen molar-refractivity contribution < 1.29 is 18.7 Å². The first-order valence-corrected chi connectivity index (χ1v) is 12.9. The molecule has 1 aliphatic carbocycles. The lowest BCUT2D eigenvalue weighted by atomic mass is 9.87. The Morgan fingerprint density at radius 2 is 1.92 bits per heavy atom. The van der Waals surface area contributed by atoms with Crippen molar-refractivity contribution in [1.82, 2.24) is 9.80 Å². The minimum Gasteiger partial charge on any atom is -0.481 e. The highest BCUT2D eigenvalue weighted by molar-refractivity contribution is 5.82. The van der Waals surface area contributed by atoms with Gasteiger partial charge in [-0.1, -0.05) is 42.8 Å². The number of benzene rings is 2. The van der Waals surface area contributed by atoms with Crippen LogP contribution in [0.1, 0.15) is 60.2 Å². The van der Waals surface area contributed by atoms with E-state index in [4.69, 9.17) is 9.15 Å². The van der Waals surface area contributed by atoms with Crippen LogP contribution in [0.3, 0.4) is 0 Å². The van der Waals surface area contributed by atoms with Crippen molar-refractivity contribution in [2.45, 2.75) is 58.2 Å². The van der Waals surface area contributed by atoms with Crippen LogP contribution >= 0.6 is 0 Å². The van der Waals surface area contributed by atoms with Gasteiger partial charge in [-0.2, -0.15) is 0 Å². The molecule has 5 rings (SSSR count). The number of hydrogen-bond donors (Lipinski definition) is 0. The van der Waals surface area contributed by atoms with Crippen LogP contribution in [0, 0.1) is 12.8 Å². The monoisotopic (exact) mass is 486 g/mol. The van der Waals surface area contributed by atoms with Crippen molar-refractivity contribution in [1.29, 1.82) is 0 Å². The third-order valence-corrected chi connectivity index (χ3v) is 7.22. The third kappa shape index (κ3) is 5.03. The Kier molecular flexibility index (Phi) is 6.86. The fourth-order valence-corrected chi connectivity index (χ4v) is 5.01. The van der Waals surface area contributed by atoms with Crippen molar-refractivity contribution in [3.05, 3.63) is 88.9 Å². The zero-order valence-electron chi connectivity index (χ0n) is 21.3. The average Bonchev–Trinajstić information content (AvgIpc) is 3.62. The van der Waals surface area contributed by atoms with E-state index < -0.39 is 6.10 Å². The largest absolute Gasteiger partial charge is 0.481 e. The van der Waals surface area contributed by atoms with Gasteiger partial charge in [0, 0.05) is 19.5 Å². The fraction of sp³-hybridized carbons (Fsp3) is 0.400. The number of fused-ring (bicyclic) bond motifs is 1. The van der Waals surface area contributed by atoms with E-state index in [0.717, 1.165) is 36.1 Å². The molecule has 0 spiro atoms. The molecule has 2 aromatic carbocycles. The summed E-state index contributed by atoms with van der Waals surface area (Å²) < 4.78 is 11.7. The predicted molar refractivity (Wildman–Crippen MR) is 137 cm³/mol. The molecule has 2 unspecified atom stereocenters. The SMILES string of the molecule is CCC(Oc1ccc2c(c1)C(c1ccc(C)cc1)N(C(=O)C1CC1)CC2)C(=O)N(C)Cc1ccco1. The summed E-state index contributed by atoms with van der Waals surface area (Å²) in [6, 6.07) is 18.0. The molecule has 0 radical (unpaired) electrons. The summed E-state index contributed by atoms with van der Waals surface area (Å²) in [7, 11) is 1.76. The van der Waals surface area contributed by atoms with Crippen molar-refractivity contribution in [2.24, 2.45) is 5.92 Å². The van der Waals surface area contributed by atoms with E-state index >= 15 is 0 Å². The Hall–Kier alpha value is -3.54. The second-order valence-electron chi connectivity index (χ2n) is 10.0. The molecule has 1 saturated carbocycles. The minimum atomic E-state index is -0.603. The zero-order valence-corrected chi connectivity index (χ0v) is 21.3. The van der Waals surface area contributed by atoms with Gasteiger partial charge in [0.15, 0.2) is 6.10 Å². The van der Waals surface area contributed by atoms with Gasteiger partial charge in [-0.15, -0.1) is 0 Å². The predicted octanol–water partition coefficient (Wildman–Crippen LogP) is 5.29. The lowest BCUT2D eigenvalue weighted by molar-refractivity contribution is -0.138. The van der Waals surface area contributed by atoms with Gasteiger partial charge < -0.3 is 19.0 Å². The van der Waals surface area contributed by atoms with Crippen LogP contribution in [0.25, 0.3) is 0 Å². The summed E-state index contributed by atoms with van der Waals surface area (Å²) in [4.78, 5) is 30.1. The molecule has 1 aromatic heterocycles. The maximum atomic E-state index is 13.3. The van der Waals surface area contributed by atoms with E-state index in [9.17, 15) is 9.59 Å². The summed E-state index contributed by atoms with van der Waals surface area (Å²) in [6.07, 6.45) is 4.34. The van der Waals surface area contributed by atoms with Gasteiger partial charge in [0.1, 0.15) is 11.5 Å². The number of furan rings is 1. The minimum absolute atomic E-state index is 0.0905. The van der Waals surface area contributed by atoms with Gasteiger partial charge in [-0.05, 0) is 73.6 Å². The Balaban J connectivity index is 1.41. The number of amides is 2. The van der Waals surface area contributed by atoms with Crippen molar-refractivity contribution >= 4 is 11.8 Å². The maximum Gasteiger partial charge on any atom is 0.263 e. The summed E-state index contributed by atoms with van der Waals surface area (Å²) >= 11 is 0. The highest BCUT2D eigenvalue weighted by Gasteiger charge is 2.39. The first kappa shape index (κ1) is 24.2. The van der Waals surface area contributed by atoms with Crippen LogP contribution in [0.4, 0.5) is 0 Å². The van der Waals surface area contributed by atoms with Crippen molar-refractivity contribution in [3.63, 3.8) is 0 Å². The Bertz CT molecular complexity index is 1210. The summed E-state index contributed by atoms with van der Waals surface area (Å²) in [5, 5.41) is 0. The second kappa shape index (κ2) is 10.2. The standard InChI is InChI=1S/C30H34N2O4/c1-4-27(30(34)31(3)19-25-6-5-17-35-25)36-24-14-13-21-15-16-32(29(33)23-11-12-23)28(26(21)18-24)22-9-7-20(2)8-10-22/h5-10,13-14,17-18,23,27-28H,4,11-12,15-16,19H2,1-3H3. The molecule has 6 nitrogen and oxygen atoms in total. The number of carbonyl (C=O) groups is 2. The number of ether oxygens (including phenoxy) is 1. The molecule has 2 atom stereocenters. The second-order valence-corrected chi connectivity index (χ2v) is 10.0. The Labute approximate surface area is 212 Å². The maximum absolute atomic E-state index is 13.3. The van der Waals surface area contributed by atoms with Crippen LogP contribution < -0.4 is 4.74 Å². The molecule has 0 saturated heterocycles. The summed E-state index contributed by atoms with van der Waals surface area (Å²) in [5.74, 6) is 1.70.